The molecule has 4 rings (SSSR count). The molecule has 1 N–H and O–H groups in total. The van der Waals surface area contributed by atoms with Gasteiger partial charge in [0.15, 0.2) is 0 Å². The highest BCUT2D eigenvalue weighted by Crippen LogP contribution is 2.36. The molecule has 0 bridgehead atoms. The number of nitrogens with zero attached hydrogens (tertiary/aromatic N) is 3. The molecule has 0 atom stereocenters. The molecule has 2 heterocycles. The van der Waals surface area contributed by atoms with Crippen molar-refractivity contribution < 1.29 is 0 Å². The number of rotatable bonds is 3. The molecule has 0 unspecified atom stereocenters. The number of anilines is 1. The normalized spacial score (nSPS) is 16.7. The van der Waals surface area contributed by atoms with E-state index >= 15 is 0 Å². The molecular formula is C21H26N4. The lowest BCUT2D eigenvalue weighted by Gasteiger charge is -2.23. The van der Waals surface area contributed by atoms with Crippen LogP contribution in [-0.4, -0.2) is 29.3 Å². The van der Waals surface area contributed by atoms with Gasteiger partial charge in [0.25, 0.3) is 0 Å². The Bertz CT molecular complexity index is 811. The molecule has 1 fully saturated rings. The molecule has 0 spiro atoms. The third-order valence-corrected chi connectivity index (χ3v) is 4.87. The van der Waals surface area contributed by atoms with Crippen LogP contribution >= 0.6 is 0 Å². The molecular weight excluding hydrogens is 308 g/mol. The summed E-state index contributed by atoms with van der Waals surface area (Å²) in [6, 6.07) is 11.5. The van der Waals surface area contributed by atoms with Crippen molar-refractivity contribution in [1.82, 2.24) is 9.88 Å². The second-order valence-corrected chi connectivity index (χ2v) is 8.26. The average molecular weight is 334 g/mol. The van der Waals surface area contributed by atoms with E-state index in [0.29, 0.717) is 6.04 Å². The van der Waals surface area contributed by atoms with Crippen molar-refractivity contribution in [2.24, 2.45) is 4.99 Å². The van der Waals surface area contributed by atoms with Gasteiger partial charge < -0.3 is 10.2 Å². The third-order valence-electron chi connectivity index (χ3n) is 4.87. The number of hydrogen-bond donors (Lipinski definition) is 1. The van der Waals surface area contributed by atoms with Crippen LogP contribution in [0.5, 0.6) is 0 Å². The van der Waals surface area contributed by atoms with Crippen molar-refractivity contribution in [3.05, 3.63) is 41.5 Å². The summed E-state index contributed by atoms with van der Waals surface area (Å²) in [6.07, 6.45) is 4.37. The monoisotopic (exact) mass is 334 g/mol. The van der Waals surface area contributed by atoms with Gasteiger partial charge >= 0.3 is 0 Å². The van der Waals surface area contributed by atoms with Crippen molar-refractivity contribution in [2.75, 3.05) is 12.4 Å². The molecule has 4 heteroatoms. The summed E-state index contributed by atoms with van der Waals surface area (Å²) >= 11 is 0. The summed E-state index contributed by atoms with van der Waals surface area (Å²) in [5, 5.41) is 3.60. The first-order valence-electron chi connectivity index (χ1n) is 9.06. The van der Waals surface area contributed by atoms with Crippen molar-refractivity contribution >= 4 is 17.8 Å². The Hall–Kier alpha value is -2.36. The summed E-state index contributed by atoms with van der Waals surface area (Å²) in [5.41, 5.74) is 5.87. The largest absolute Gasteiger partial charge is 0.367 e. The Morgan fingerprint density at radius 2 is 1.84 bits per heavy atom. The van der Waals surface area contributed by atoms with Crippen LogP contribution in [0.2, 0.25) is 0 Å². The van der Waals surface area contributed by atoms with Crippen LogP contribution < -0.4 is 5.32 Å². The standard InChI is InChI=1S/C21H26N4/c1-21(2,3)15-7-5-14(6-8-15)18-11-19-17(12-25(4)13-22-19)20(24-18)23-16-9-10-16/h5-8,11,13,16H,9-10,12H2,1-4H3,(H,23,24). The Morgan fingerprint density at radius 3 is 2.48 bits per heavy atom. The van der Waals surface area contributed by atoms with Crippen molar-refractivity contribution in [3.8, 4) is 11.3 Å². The highest BCUT2D eigenvalue weighted by molar-refractivity contribution is 5.76. The number of benzene rings is 1. The van der Waals surface area contributed by atoms with Gasteiger partial charge in [-0.25, -0.2) is 9.98 Å². The van der Waals surface area contributed by atoms with Crippen LogP contribution in [0.4, 0.5) is 11.5 Å². The molecule has 1 aromatic heterocycles. The molecule has 0 radical (unpaired) electrons. The molecule has 1 saturated carbocycles. The van der Waals surface area contributed by atoms with Crippen molar-refractivity contribution in [2.45, 2.75) is 51.6 Å². The second-order valence-electron chi connectivity index (χ2n) is 8.26. The van der Waals surface area contributed by atoms with Crippen LogP contribution in [0.15, 0.2) is 35.3 Å². The van der Waals surface area contributed by atoms with E-state index in [9.17, 15) is 0 Å². The number of fused-ring (bicyclic) bond motifs is 1. The van der Waals surface area contributed by atoms with E-state index < -0.39 is 0 Å². The lowest BCUT2D eigenvalue weighted by atomic mass is 9.86. The predicted molar refractivity (Wildman–Crippen MR) is 105 cm³/mol. The van der Waals surface area contributed by atoms with E-state index in [1.807, 2.05) is 13.4 Å². The molecule has 25 heavy (non-hydrogen) atoms. The van der Waals surface area contributed by atoms with Gasteiger partial charge in [-0.05, 0) is 29.9 Å². The van der Waals surface area contributed by atoms with Gasteiger partial charge in [0.2, 0.25) is 0 Å². The van der Waals surface area contributed by atoms with E-state index in [4.69, 9.17) is 4.98 Å². The minimum Gasteiger partial charge on any atom is -0.367 e. The molecule has 1 aliphatic heterocycles. The van der Waals surface area contributed by atoms with Crippen LogP contribution in [0, 0.1) is 0 Å². The number of pyridine rings is 1. The topological polar surface area (TPSA) is 40.5 Å². The van der Waals surface area contributed by atoms with E-state index in [2.05, 4.69) is 66.3 Å². The van der Waals surface area contributed by atoms with Crippen molar-refractivity contribution in [1.29, 1.82) is 0 Å². The molecule has 1 aromatic carbocycles. The molecule has 1 aliphatic carbocycles. The molecule has 130 valence electrons. The Labute approximate surface area is 150 Å². The summed E-state index contributed by atoms with van der Waals surface area (Å²) in [4.78, 5) is 11.7. The van der Waals surface area contributed by atoms with Gasteiger partial charge in [-0.15, -0.1) is 0 Å². The van der Waals surface area contributed by atoms with E-state index in [1.165, 1.54) is 24.0 Å². The van der Waals surface area contributed by atoms with E-state index in [1.54, 1.807) is 0 Å². The highest BCUT2D eigenvalue weighted by atomic mass is 15.2. The van der Waals surface area contributed by atoms with Gasteiger partial charge in [0.05, 0.1) is 17.7 Å². The zero-order chi connectivity index (χ0) is 17.6. The first kappa shape index (κ1) is 16.1. The number of aliphatic imine (C=N–C) groups is 1. The summed E-state index contributed by atoms with van der Waals surface area (Å²) in [7, 11) is 2.05. The van der Waals surface area contributed by atoms with Gasteiger partial charge in [-0.1, -0.05) is 45.0 Å². The van der Waals surface area contributed by atoms with E-state index in [0.717, 1.165) is 29.3 Å². The zero-order valence-corrected chi connectivity index (χ0v) is 15.5. The van der Waals surface area contributed by atoms with E-state index in [-0.39, 0.29) is 5.41 Å². The summed E-state index contributed by atoms with van der Waals surface area (Å²) in [6.45, 7) is 7.57. The van der Waals surface area contributed by atoms with Gasteiger partial charge in [-0.3, -0.25) is 0 Å². The summed E-state index contributed by atoms with van der Waals surface area (Å²) in [5.74, 6) is 0.999. The second kappa shape index (κ2) is 5.87. The molecule has 2 aliphatic rings. The lowest BCUT2D eigenvalue weighted by molar-refractivity contribution is 0.509. The van der Waals surface area contributed by atoms with Gasteiger partial charge in [0.1, 0.15) is 5.82 Å². The van der Waals surface area contributed by atoms with Gasteiger partial charge in [-0.2, -0.15) is 0 Å². The zero-order valence-electron chi connectivity index (χ0n) is 15.5. The third kappa shape index (κ3) is 3.39. The SMILES string of the molecule is CN1C=Nc2cc(-c3ccc(C(C)(C)C)cc3)nc(NC3CC3)c2C1. The minimum atomic E-state index is 0.162. The maximum Gasteiger partial charge on any atom is 0.134 e. The Balaban J connectivity index is 1.74. The van der Waals surface area contributed by atoms with Crippen LogP contribution in [0.3, 0.4) is 0 Å². The Morgan fingerprint density at radius 1 is 1.12 bits per heavy atom. The fourth-order valence-electron chi connectivity index (χ4n) is 3.11. The fourth-order valence-corrected chi connectivity index (χ4v) is 3.11. The predicted octanol–water partition coefficient (Wildman–Crippen LogP) is 4.73. The number of hydrogen-bond acceptors (Lipinski definition) is 4. The summed E-state index contributed by atoms with van der Waals surface area (Å²) < 4.78 is 0. The fraction of sp³-hybridized carbons (Fsp3) is 0.429. The lowest BCUT2D eigenvalue weighted by Crippen LogP contribution is -2.21. The Kier molecular flexibility index (Phi) is 3.78. The number of aromatic nitrogens is 1. The van der Waals surface area contributed by atoms with Crippen LogP contribution in [0.25, 0.3) is 11.3 Å². The molecule has 0 amide bonds. The number of nitrogens with one attached hydrogen (secondary N) is 1. The molecule has 2 aromatic rings. The minimum absolute atomic E-state index is 0.162. The molecule has 0 saturated heterocycles. The van der Waals surface area contributed by atoms with Crippen LogP contribution in [-0.2, 0) is 12.0 Å². The average Bonchev–Trinajstić information content (AvgIpc) is 3.38. The maximum atomic E-state index is 4.95. The maximum absolute atomic E-state index is 4.95. The smallest absolute Gasteiger partial charge is 0.134 e. The van der Waals surface area contributed by atoms with Crippen LogP contribution in [0.1, 0.15) is 44.7 Å². The highest BCUT2D eigenvalue weighted by Gasteiger charge is 2.25. The molecule has 4 nitrogen and oxygen atoms in total. The first-order valence-corrected chi connectivity index (χ1v) is 9.06. The quantitative estimate of drug-likeness (QED) is 0.882. The van der Waals surface area contributed by atoms with Crippen molar-refractivity contribution in [3.63, 3.8) is 0 Å². The van der Waals surface area contributed by atoms with Gasteiger partial charge in [0, 0.05) is 30.8 Å². The first-order chi connectivity index (χ1) is 11.9.